The summed E-state index contributed by atoms with van der Waals surface area (Å²) < 4.78 is 7.80. The van der Waals surface area contributed by atoms with E-state index in [1.807, 2.05) is 32.0 Å². The number of rotatable bonds is 5. The van der Waals surface area contributed by atoms with Crippen molar-refractivity contribution in [2.45, 2.75) is 46.3 Å². The maximum atomic E-state index is 8.88. The molecule has 0 N–H and O–H groups in total. The SMILES string of the molecule is CCCn1c(CC#N)nc2cc(OC(C)C)ccc21. The van der Waals surface area contributed by atoms with Gasteiger partial charge in [-0.2, -0.15) is 5.26 Å². The van der Waals surface area contributed by atoms with Crippen LogP contribution in [0.4, 0.5) is 0 Å². The largest absolute Gasteiger partial charge is 0.491 e. The lowest BCUT2D eigenvalue weighted by Crippen LogP contribution is -2.05. The maximum absolute atomic E-state index is 8.88. The summed E-state index contributed by atoms with van der Waals surface area (Å²) in [6, 6.07) is 8.11. The molecule has 0 radical (unpaired) electrons. The van der Waals surface area contributed by atoms with Crippen molar-refractivity contribution in [2.75, 3.05) is 0 Å². The molecule has 4 heteroatoms. The van der Waals surface area contributed by atoms with Gasteiger partial charge in [0.1, 0.15) is 11.6 Å². The van der Waals surface area contributed by atoms with Gasteiger partial charge in [0.15, 0.2) is 0 Å². The summed E-state index contributed by atoms with van der Waals surface area (Å²) in [6.07, 6.45) is 1.51. The van der Waals surface area contributed by atoms with Crippen molar-refractivity contribution in [1.29, 1.82) is 5.26 Å². The van der Waals surface area contributed by atoms with Crippen molar-refractivity contribution in [3.05, 3.63) is 24.0 Å². The van der Waals surface area contributed by atoms with E-state index < -0.39 is 0 Å². The third kappa shape index (κ3) is 2.87. The van der Waals surface area contributed by atoms with E-state index in [9.17, 15) is 0 Å². The van der Waals surface area contributed by atoms with E-state index in [0.717, 1.165) is 35.6 Å². The molecule has 1 heterocycles. The molecule has 100 valence electrons. The second-order valence-electron chi connectivity index (χ2n) is 4.83. The number of nitriles is 1. The van der Waals surface area contributed by atoms with Gasteiger partial charge in [0.25, 0.3) is 0 Å². The third-order valence-corrected chi connectivity index (χ3v) is 2.85. The van der Waals surface area contributed by atoms with Crippen molar-refractivity contribution in [2.24, 2.45) is 0 Å². The molecule has 0 fully saturated rings. The zero-order valence-electron chi connectivity index (χ0n) is 11.7. The zero-order valence-corrected chi connectivity index (χ0v) is 11.7. The molecule has 0 bridgehead atoms. The lowest BCUT2D eigenvalue weighted by molar-refractivity contribution is 0.242. The van der Waals surface area contributed by atoms with Crippen molar-refractivity contribution in [3.63, 3.8) is 0 Å². The standard InChI is InChI=1S/C15H19N3O/c1-4-9-18-14-6-5-12(19-11(2)3)10-13(14)17-15(18)7-8-16/h5-6,10-11H,4,7,9H2,1-3H3. The van der Waals surface area contributed by atoms with Crippen LogP contribution in [0.2, 0.25) is 0 Å². The van der Waals surface area contributed by atoms with Crippen molar-refractivity contribution in [1.82, 2.24) is 9.55 Å². The third-order valence-electron chi connectivity index (χ3n) is 2.85. The number of aromatic nitrogens is 2. The van der Waals surface area contributed by atoms with Crippen LogP contribution in [0, 0.1) is 11.3 Å². The number of hydrogen-bond donors (Lipinski definition) is 0. The number of ether oxygens (including phenoxy) is 1. The van der Waals surface area contributed by atoms with Crippen LogP contribution in [0.25, 0.3) is 11.0 Å². The first kappa shape index (κ1) is 13.4. The first-order valence-electron chi connectivity index (χ1n) is 6.68. The average Bonchev–Trinajstić information content (AvgIpc) is 2.67. The molecule has 0 aliphatic carbocycles. The lowest BCUT2D eigenvalue weighted by atomic mass is 10.3. The van der Waals surface area contributed by atoms with Crippen molar-refractivity contribution < 1.29 is 4.74 Å². The monoisotopic (exact) mass is 257 g/mol. The highest BCUT2D eigenvalue weighted by Crippen LogP contribution is 2.23. The molecule has 0 amide bonds. The molecule has 0 aliphatic heterocycles. The van der Waals surface area contributed by atoms with Crippen LogP contribution in [0.5, 0.6) is 5.75 Å². The smallest absolute Gasteiger partial charge is 0.124 e. The van der Waals surface area contributed by atoms with E-state index >= 15 is 0 Å². The van der Waals surface area contributed by atoms with E-state index in [2.05, 4.69) is 22.5 Å². The Kier molecular flexibility index (Phi) is 4.06. The van der Waals surface area contributed by atoms with E-state index in [1.54, 1.807) is 0 Å². The Morgan fingerprint density at radius 1 is 1.42 bits per heavy atom. The number of benzene rings is 1. The van der Waals surface area contributed by atoms with E-state index in [0.29, 0.717) is 6.42 Å². The van der Waals surface area contributed by atoms with Gasteiger partial charge in [-0.15, -0.1) is 0 Å². The van der Waals surface area contributed by atoms with Crippen LogP contribution in [0.3, 0.4) is 0 Å². The van der Waals surface area contributed by atoms with Gasteiger partial charge in [0.05, 0.1) is 29.6 Å². The highest BCUT2D eigenvalue weighted by molar-refractivity contribution is 5.78. The number of nitrogens with zero attached hydrogens (tertiary/aromatic N) is 3. The number of hydrogen-bond acceptors (Lipinski definition) is 3. The van der Waals surface area contributed by atoms with Gasteiger partial charge >= 0.3 is 0 Å². The summed E-state index contributed by atoms with van der Waals surface area (Å²) >= 11 is 0. The Morgan fingerprint density at radius 3 is 2.84 bits per heavy atom. The van der Waals surface area contributed by atoms with Crippen LogP contribution in [-0.4, -0.2) is 15.7 Å². The average molecular weight is 257 g/mol. The highest BCUT2D eigenvalue weighted by Gasteiger charge is 2.11. The summed E-state index contributed by atoms with van der Waals surface area (Å²) in [5, 5.41) is 8.88. The molecule has 2 rings (SSSR count). The van der Waals surface area contributed by atoms with Gasteiger partial charge in [-0.25, -0.2) is 4.98 Å². The molecule has 0 spiro atoms. The second kappa shape index (κ2) is 5.75. The van der Waals surface area contributed by atoms with Gasteiger partial charge in [-0.05, 0) is 32.4 Å². The predicted molar refractivity (Wildman–Crippen MR) is 75.1 cm³/mol. The number of aryl methyl sites for hydroxylation is 1. The zero-order chi connectivity index (χ0) is 13.8. The van der Waals surface area contributed by atoms with Crippen LogP contribution >= 0.6 is 0 Å². The lowest BCUT2D eigenvalue weighted by Gasteiger charge is -2.09. The molecule has 4 nitrogen and oxygen atoms in total. The molecule has 19 heavy (non-hydrogen) atoms. The normalized spacial score (nSPS) is 10.9. The summed E-state index contributed by atoms with van der Waals surface area (Å²) in [5.74, 6) is 1.66. The Hall–Kier alpha value is -2.02. The molecule has 0 saturated carbocycles. The molecule has 2 aromatic rings. The minimum Gasteiger partial charge on any atom is -0.491 e. The number of imidazole rings is 1. The molecule has 0 aliphatic rings. The Morgan fingerprint density at radius 2 is 2.21 bits per heavy atom. The molecule has 0 saturated heterocycles. The quantitative estimate of drug-likeness (QED) is 0.825. The topological polar surface area (TPSA) is 50.8 Å². The fourth-order valence-electron chi connectivity index (χ4n) is 2.18. The second-order valence-corrected chi connectivity index (χ2v) is 4.83. The fraction of sp³-hybridized carbons (Fsp3) is 0.467. The van der Waals surface area contributed by atoms with E-state index in [-0.39, 0.29) is 6.10 Å². The molecular weight excluding hydrogens is 238 g/mol. The highest BCUT2D eigenvalue weighted by atomic mass is 16.5. The summed E-state index contributed by atoms with van der Waals surface area (Å²) in [6.45, 7) is 7.01. The number of fused-ring (bicyclic) bond motifs is 1. The summed E-state index contributed by atoms with van der Waals surface area (Å²) in [7, 11) is 0. The Balaban J connectivity index is 2.46. The van der Waals surface area contributed by atoms with E-state index in [1.165, 1.54) is 0 Å². The van der Waals surface area contributed by atoms with Gasteiger partial charge in [0, 0.05) is 12.6 Å². The maximum Gasteiger partial charge on any atom is 0.124 e. The van der Waals surface area contributed by atoms with Crippen LogP contribution < -0.4 is 4.74 Å². The summed E-state index contributed by atoms with van der Waals surface area (Å²) in [5.41, 5.74) is 1.97. The summed E-state index contributed by atoms with van der Waals surface area (Å²) in [4.78, 5) is 4.55. The first-order valence-corrected chi connectivity index (χ1v) is 6.68. The minimum absolute atomic E-state index is 0.147. The molecular formula is C15H19N3O. The molecule has 1 aromatic carbocycles. The Labute approximate surface area is 113 Å². The van der Waals surface area contributed by atoms with Gasteiger partial charge in [-0.1, -0.05) is 6.92 Å². The molecule has 0 atom stereocenters. The predicted octanol–water partition coefficient (Wildman–Crippen LogP) is 3.30. The van der Waals surface area contributed by atoms with E-state index in [4.69, 9.17) is 10.00 Å². The van der Waals surface area contributed by atoms with Gasteiger partial charge in [0.2, 0.25) is 0 Å². The Bertz CT molecular complexity index is 608. The van der Waals surface area contributed by atoms with Crippen LogP contribution in [0.15, 0.2) is 18.2 Å². The van der Waals surface area contributed by atoms with Gasteiger partial charge < -0.3 is 9.30 Å². The molecule has 1 aromatic heterocycles. The van der Waals surface area contributed by atoms with Crippen molar-refractivity contribution >= 4 is 11.0 Å². The first-order chi connectivity index (χ1) is 9.15. The minimum atomic E-state index is 0.147. The van der Waals surface area contributed by atoms with Crippen LogP contribution in [-0.2, 0) is 13.0 Å². The molecule has 0 unspecified atom stereocenters. The fourth-order valence-corrected chi connectivity index (χ4v) is 2.18. The van der Waals surface area contributed by atoms with Gasteiger partial charge in [-0.3, -0.25) is 0 Å². The van der Waals surface area contributed by atoms with Crippen LogP contribution in [0.1, 0.15) is 33.0 Å². The van der Waals surface area contributed by atoms with Crippen molar-refractivity contribution in [3.8, 4) is 11.8 Å².